The quantitative estimate of drug-likeness (QED) is 0.418. The normalized spacial score (nSPS) is 9.96. The molecule has 1 aromatic carbocycles. The molecule has 7 N–H and O–H groups in total. The second-order valence-electron chi connectivity index (χ2n) is 4.33. The Bertz CT molecular complexity index is 557. The highest BCUT2D eigenvalue weighted by Crippen LogP contribution is 2.15. The fourth-order valence-electron chi connectivity index (χ4n) is 1.38. The van der Waals surface area contributed by atoms with E-state index in [4.69, 9.17) is 26.2 Å². The van der Waals surface area contributed by atoms with Gasteiger partial charge in [-0.05, 0) is 12.1 Å². The standard InChI is InChI=1S/C7H8N2O.C6H8O7/c8-7(10)9-6-4-2-1-3-5-6;7-3(8)1-6(13,5(11)12)2-4(9)10/h1-5H,(H3,8,9,10);13H,1-2H2,(H,7,8)(H,9,10)(H,11,12). The molecule has 2 amide bonds. The third-order valence-electron chi connectivity index (χ3n) is 2.33. The zero-order valence-electron chi connectivity index (χ0n) is 11.8. The molecule has 10 heteroatoms. The molecule has 0 atom stereocenters. The molecule has 0 spiro atoms. The van der Waals surface area contributed by atoms with Crippen LogP contribution in [0.1, 0.15) is 12.8 Å². The molecular weight excluding hydrogens is 312 g/mol. The predicted molar refractivity (Wildman–Crippen MR) is 76.7 cm³/mol. The maximum Gasteiger partial charge on any atom is 0.336 e. The number of amides is 2. The van der Waals surface area contributed by atoms with Crippen LogP contribution in [0.2, 0.25) is 0 Å². The number of nitrogens with one attached hydrogen (secondary N) is 1. The first kappa shape index (κ1) is 19.9. The van der Waals surface area contributed by atoms with Crippen molar-refractivity contribution in [3.63, 3.8) is 0 Å². The molecular formula is C13H16N2O8. The van der Waals surface area contributed by atoms with Crippen LogP contribution in [-0.4, -0.2) is 50.0 Å². The fraction of sp³-hybridized carbons (Fsp3) is 0.231. The molecule has 126 valence electrons. The van der Waals surface area contributed by atoms with Crippen molar-refractivity contribution in [1.29, 1.82) is 0 Å². The van der Waals surface area contributed by atoms with E-state index in [1.807, 2.05) is 18.2 Å². The summed E-state index contributed by atoms with van der Waals surface area (Å²) < 4.78 is 0. The number of rotatable bonds is 6. The van der Waals surface area contributed by atoms with E-state index < -0.39 is 42.4 Å². The number of carbonyl (C=O) groups excluding carboxylic acids is 1. The van der Waals surface area contributed by atoms with E-state index in [2.05, 4.69) is 5.32 Å². The summed E-state index contributed by atoms with van der Waals surface area (Å²) in [5, 5.41) is 36.3. The Morgan fingerprint density at radius 1 is 0.957 bits per heavy atom. The van der Waals surface area contributed by atoms with Crippen LogP contribution in [0.25, 0.3) is 0 Å². The fourth-order valence-corrected chi connectivity index (χ4v) is 1.38. The van der Waals surface area contributed by atoms with Crippen molar-refractivity contribution >= 4 is 29.6 Å². The average molecular weight is 328 g/mol. The Labute approximate surface area is 130 Å². The lowest BCUT2D eigenvalue weighted by Gasteiger charge is -2.18. The van der Waals surface area contributed by atoms with Crippen LogP contribution in [0, 0.1) is 0 Å². The van der Waals surface area contributed by atoms with Crippen LogP contribution in [-0.2, 0) is 14.4 Å². The zero-order chi connectivity index (χ0) is 18.0. The van der Waals surface area contributed by atoms with Gasteiger partial charge in [-0.2, -0.15) is 0 Å². The first-order chi connectivity index (χ1) is 10.6. The minimum Gasteiger partial charge on any atom is -0.481 e. The van der Waals surface area contributed by atoms with Crippen LogP contribution in [0.3, 0.4) is 0 Å². The third kappa shape index (κ3) is 8.67. The molecule has 0 aliphatic heterocycles. The highest BCUT2D eigenvalue weighted by Gasteiger charge is 2.40. The Morgan fingerprint density at radius 2 is 1.39 bits per heavy atom. The van der Waals surface area contributed by atoms with E-state index in [9.17, 15) is 19.2 Å². The monoisotopic (exact) mass is 328 g/mol. The van der Waals surface area contributed by atoms with Gasteiger partial charge in [-0.3, -0.25) is 9.59 Å². The molecule has 0 aromatic heterocycles. The highest BCUT2D eigenvalue weighted by molar-refractivity contribution is 5.88. The van der Waals surface area contributed by atoms with E-state index in [1.54, 1.807) is 12.1 Å². The number of carboxylic acid groups (broad SMARTS) is 3. The van der Waals surface area contributed by atoms with Crippen LogP contribution in [0.15, 0.2) is 30.3 Å². The number of aliphatic hydroxyl groups is 1. The summed E-state index contributed by atoms with van der Waals surface area (Å²) >= 11 is 0. The summed E-state index contributed by atoms with van der Waals surface area (Å²) in [5.41, 5.74) is 2.85. The molecule has 23 heavy (non-hydrogen) atoms. The molecule has 0 saturated heterocycles. The molecule has 0 saturated carbocycles. The Morgan fingerprint density at radius 3 is 1.70 bits per heavy atom. The summed E-state index contributed by atoms with van der Waals surface area (Å²) in [4.78, 5) is 40.8. The molecule has 0 radical (unpaired) electrons. The van der Waals surface area contributed by atoms with Crippen molar-refractivity contribution in [2.45, 2.75) is 18.4 Å². The predicted octanol–water partition coefficient (Wildman–Crippen LogP) is -0.0713. The van der Waals surface area contributed by atoms with Gasteiger partial charge >= 0.3 is 23.9 Å². The van der Waals surface area contributed by atoms with Crippen molar-refractivity contribution in [3.8, 4) is 0 Å². The van der Waals surface area contributed by atoms with Gasteiger partial charge in [0.2, 0.25) is 0 Å². The summed E-state index contributed by atoms with van der Waals surface area (Å²) in [5.74, 6) is -5.02. The molecule has 1 aromatic rings. The SMILES string of the molecule is NC(=O)Nc1ccccc1.O=C(O)CC(O)(CC(=O)O)C(=O)O. The van der Waals surface area contributed by atoms with Crippen LogP contribution < -0.4 is 11.1 Å². The number of urea groups is 1. The lowest BCUT2D eigenvalue weighted by molar-refractivity contribution is -0.170. The topological polar surface area (TPSA) is 187 Å². The third-order valence-corrected chi connectivity index (χ3v) is 2.33. The largest absolute Gasteiger partial charge is 0.481 e. The van der Waals surface area contributed by atoms with Crippen LogP contribution in [0.5, 0.6) is 0 Å². The number of para-hydroxylation sites is 1. The zero-order valence-corrected chi connectivity index (χ0v) is 11.8. The Kier molecular flexibility index (Phi) is 7.77. The summed E-state index contributed by atoms with van der Waals surface area (Å²) in [6.45, 7) is 0. The summed E-state index contributed by atoms with van der Waals surface area (Å²) in [6.07, 6.45) is -2.29. The molecule has 0 heterocycles. The highest BCUT2D eigenvalue weighted by atomic mass is 16.4. The lowest BCUT2D eigenvalue weighted by Crippen LogP contribution is -2.42. The van der Waals surface area contributed by atoms with Gasteiger partial charge < -0.3 is 31.5 Å². The minimum atomic E-state index is -2.74. The Balaban J connectivity index is 0.000000433. The van der Waals surface area contributed by atoms with Gasteiger partial charge in [0.1, 0.15) is 0 Å². The van der Waals surface area contributed by atoms with Crippen molar-refractivity contribution < 1.29 is 39.6 Å². The second kappa shape index (κ2) is 9.00. The minimum absolute atomic E-state index is 0.536. The summed E-state index contributed by atoms with van der Waals surface area (Å²) in [7, 11) is 0. The number of carboxylic acids is 3. The number of hydrogen-bond donors (Lipinski definition) is 6. The Hall–Kier alpha value is -3.14. The second-order valence-corrected chi connectivity index (χ2v) is 4.33. The van der Waals surface area contributed by atoms with E-state index in [1.165, 1.54) is 0 Å². The molecule has 0 fully saturated rings. The smallest absolute Gasteiger partial charge is 0.336 e. The van der Waals surface area contributed by atoms with Gasteiger partial charge in [0.15, 0.2) is 5.60 Å². The molecule has 10 nitrogen and oxygen atoms in total. The van der Waals surface area contributed by atoms with Gasteiger partial charge in [-0.1, -0.05) is 18.2 Å². The number of hydrogen-bond acceptors (Lipinski definition) is 5. The van der Waals surface area contributed by atoms with Crippen molar-refractivity contribution in [3.05, 3.63) is 30.3 Å². The van der Waals surface area contributed by atoms with Crippen LogP contribution in [0.4, 0.5) is 10.5 Å². The van der Waals surface area contributed by atoms with Gasteiger partial charge in [0.25, 0.3) is 0 Å². The van der Waals surface area contributed by atoms with Crippen molar-refractivity contribution in [2.24, 2.45) is 5.73 Å². The molecule has 0 aliphatic carbocycles. The molecule has 0 bridgehead atoms. The number of anilines is 1. The number of nitrogens with two attached hydrogens (primary N) is 1. The summed E-state index contributed by atoms with van der Waals surface area (Å²) in [6, 6.07) is 8.52. The maximum atomic E-state index is 10.3. The van der Waals surface area contributed by atoms with E-state index in [0.717, 1.165) is 5.69 Å². The van der Waals surface area contributed by atoms with Crippen LogP contribution >= 0.6 is 0 Å². The van der Waals surface area contributed by atoms with E-state index in [0.29, 0.717) is 0 Å². The van der Waals surface area contributed by atoms with Gasteiger partial charge in [0.05, 0.1) is 12.8 Å². The number of benzene rings is 1. The molecule has 0 aliphatic rings. The van der Waals surface area contributed by atoms with Gasteiger partial charge in [0, 0.05) is 5.69 Å². The van der Waals surface area contributed by atoms with Gasteiger partial charge in [-0.25, -0.2) is 9.59 Å². The number of primary amides is 1. The lowest BCUT2D eigenvalue weighted by atomic mass is 9.96. The number of carbonyl (C=O) groups is 4. The molecule has 0 unspecified atom stereocenters. The van der Waals surface area contributed by atoms with E-state index in [-0.39, 0.29) is 0 Å². The number of aliphatic carboxylic acids is 3. The molecule has 1 rings (SSSR count). The first-order valence-electron chi connectivity index (χ1n) is 6.07. The average Bonchev–Trinajstić information content (AvgIpc) is 2.37. The van der Waals surface area contributed by atoms with Gasteiger partial charge in [-0.15, -0.1) is 0 Å². The van der Waals surface area contributed by atoms with Crippen molar-refractivity contribution in [2.75, 3.05) is 5.32 Å². The van der Waals surface area contributed by atoms with E-state index >= 15 is 0 Å². The van der Waals surface area contributed by atoms with Crippen molar-refractivity contribution in [1.82, 2.24) is 0 Å². The maximum absolute atomic E-state index is 10.3. The first-order valence-corrected chi connectivity index (χ1v) is 6.07.